The maximum Gasteiger partial charge on any atom is 0.127 e. The highest BCUT2D eigenvalue weighted by Crippen LogP contribution is 2.28. The normalized spacial score (nSPS) is 13.8. The van der Waals surface area contributed by atoms with Crippen LogP contribution in [0.15, 0.2) is 66.7 Å². The average molecular weight is 487 g/mol. The number of ether oxygens (including phenoxy) is 3. The van der Waals surface area contributed by atoms with Gasteiger partial charge >= 0.3 is 0 Å². The summed E-state index contributed by atoms with van der Waals surface area (Å²) in [7, 11) is 3.26. The zero-order valence-corrected chi connectivity index (χ0v) is 20.5. The standard InChI is InChI=1S/C27H31FN2O3.ClH/c1-31-25-17-26(32-2)19-27(18-25)33-20-22-5-3-21(4-6-22)11-12-29-13-15-30(16-14-29)24-9-7-23(28)8-10-24;/h3-10,17-19H,11-16,20H2,1-2H3;1H. The van der Waals surface area contributed by atoms with Gasteiger partial charge in [-0.05, 0) is 41.8 Å². The molecule has 0 saturated carbocycles. The van der Waals surface area contributed by atoms with E-state index in [1.165, 1.54) is 17.7 Å². The van der Waals surface area contributed by atoms with Gasteiger partial charge in [0.15, 0.2) is 0 Å². The molecule has 7 heteroatoms. The van der Waals surface area contributed by atoms with Gasteiger partial charge in [-0.15, -0.1) is 12.4 Å². The first-order valence-corrected chi connectivity index (χ1v) is 11.3. The summed E-state index contributed by atoms with van der Waals surface area (Å²) in [5, 5.41) is 0. The Hall–Kier alpha value is -2.96. The Morgan fingerprint density at radius 3 is 1.88 bits per heavy atom. The molecule has 182 valence electrons. The summed E-state index contributed by atoms with van der Waals surface area (Å²) in [6.45, 7) is 5.51. The van der Waals surface area contributed by atoms with Crippen molar-refractivity contribution in [2.75, 3.05) is 51.8 Å². The molecule has 4 rings (SSSR count). The largest absolute Gasteiger partial charge is 0.496 e. The Bertz CT molecular complexity index is 1000. The third-order valence-electron chi connectivity index (χ3n) is 6.03. The Labute approximate surface area is 207 Å². The summed E-state index contributed by atoms with van der Waals surface area (Å²) >= 11 is 0. The third kappa shape index (κ3) is 7.02. The molecule has 1 aliphatic heterocycles. The molecule has 0 spiro atoms. The molecule has 34 heavy (non-hydrogen) atoms. The highest BCUT2D eigenvalue weighted by Gasteiger charge is 2.17. The molecule has 0 N–H and O–H groups in total. The van der Waals surface area contributed by atoms with E-state index in [1.54, 1.807) is 14.2 Å². The minimum atomic E-state index is -0.185. The SMILES string of the molecule is COc1cc(OC)cc(OCc2ccc(CCN3CCN(c4ccc(F)cc4)CC3)cc2)c1.Cl. The van der Waals surface area contributed by atoms with Gasteiger partial charge in [0, 0.05) is 56.6 Å². The van der Waals surface area contributed by atoms with Crippen LogP contribution in [0.25, 0.3) is 0 Å². The molecule has 5 nitrogen and oxygen atoms in total. The van der Waals surface area contributed by atoms with Crippen molar-refractivity contribution in [1.29, 1.82) is 0 Å². The summed E-state index contributed by atoms with van der Waals surface area (Å²) in [5.74, 6) is 1.95. The van der Waals surface area contributed by atoms with Crippen LogP contribution in [-0.4, -0.2) is 51.8 Å². The highest BCUT2D eigenvalue weighted by molar-refractivity contribution is 5.85. The molecular formula is C27H32ClFN2O3. The molecule has 1 aliphatic rings. The number of hydrogen-bond acceptors (Lipinski definition) is 5. The number of rotatable bonds is 9. The van der Waals surface area contributed by atoms with Gasteiger partial charge in [-0.25, -0.2) is 4.39 Å². The minimum absolute atomic E-state index is 0. The fourth-order valence-electron chi connectivity index (χ4n) is 4.00. The number of hydrogen-bond donors (Lipinski definition) is 0. The first kappa shape index (κ1) is 25.7. The van der Waals surface area contributed by atoms with Crippen molar-refractivity contribution in [3.05, 3.63) is 83.7 Å². The van der Waals surface area contributed by atoms with E-state index < -0.39 is 0 Å². The zero-order valence-electron chi connectivity index (χ0n) is 19.7. The molecule has 0 atom stereocenters. The van der Waals surface area contributed by atoms with Crippen molar-refractivity contribution in [1.82, 2.24) is 4.90 Å². The first-order valence-electron chi connectivity index (χ1n) is 11.3. The lowest BCUT2D eigenvalue weighted by Crippen LogP contribution is -2.47. The van der Waals surface area contributed by atoms with Crippen LogP contribution in [0.4, 0.5) is 10.1 Å². The predicted octanol–water partition coefficient (Wildman–Crippen LogP) is 5.21. The van der Waals surface area contributed by atoms with Crippen LogP contribution in [0.3, 0.4) is 0 Å². The van der Waals surface area contributed by atoms with Crippen molar-refractivity contribution < 1.29 is 18.6 Å². The van der Waals surface area contributed by atoms with Crippen LogP contribution in [0.5, 0.6) is 17.2 Å². The third-order valence-corrected chi connectivity index (χ3v) is 6.03. The van der Waals surface area contributed by atoms with Gasteiger partial charge in [0.1, 0.15) is 29.7 Å². The number of piperazine rings is 1. The van der Waals surface area contributed by atoms with Crippen molar-refractivity contribution in [3.8, 4) is 17.2 Å². The molecule has 0 radical (unpaired) electrons. The van der Waals surface area contributed by atoms with E-state index in [0.29, 0.717) is 18.1 Å². The van der Waals surface area contributed by atoms with E-state index in [0.717, 1.165) is 56.1 Å². The first-order chi connectivity index (χ1) is 16.1. The number of anilines is 1. The lowest BCUT2D eigenvalue weighted by atomic mass is 10.1. The second kappa shape index (κ2) is 12.5. The molecule has 1 fully saturated rings. The Morgan fingerprint density at radius 2 is 1.29 bits per heavy atom. The van der Waals surface area contributed by atoms with Crippen LogP contribution >= 0.6 is 12.4 Å². The summed E-state index contributed by atoms with van der Waals surface area (Å²) in [5.41, 5.74) is 3.54. The van der Waals surface area contributed by atoms with E-state index in [-0.39, 0.29) is 18.2 Å². The van der Waals surface area contributed by atoms with Gasteiger partial charge in [-0.2, -0.15) is 0 Å². The van der Waals surface area contributed by atoms with Crippen LogP contribution in [0.1, 0.15) is 11.1 Å². The smallest absolute Gasteiger partial charge is 0.127 e. The topological polar surface area (TPSA) is 34.2 Å². The predicted molar refractivity (Wildman–Crippen MR) is 136 cm³/mol. The maximum absolute atomic E-state index is 13.1. The minimum Gasteiger partial charge on any atom is -0.496 e. The van der Waals surface area contributed by atoms with Gasteiger partial charge in [-0.1, -0.05) is 24.3 Å². The van der Waals surface area contributed by atoms with E-state index in [2.05, 4.69) is 34.1 Å². The Balaban J connectivity index is 0.00000324. The van der Waals surface area contributed by atoms with Gasteiger partial charge in [0.05, 0.1) is 14.2 Å². The maximum atomic E-state index is 13.1. The number of halogens is 2. The van der Waals surface area contributed by atoms with Crippen LogP contribution in [0, 0.1) is 5.82 Å². The monoisotopic (exact) mass is 486 g/mol. The second-order valence-electron chi connectivity index (χ2n) is 8.21. The van der Waals surface area contributed by atoms with Crippen molar-refractivity contribution in [2.24, 2.45) is 0 Å². The molecule has 3 aromatic rings. The summed E-state index contributed by atoms with van der Waals surface area (Å²) < 4.78 is 29.7. The fraction of sp³-hybridized carbons (Fsp3) is 0.333. The van der Waals surface area contributed by atoms with Crippen molar-refractivity contribution in [2.45, 2.75) is 13.0 Å². The average Bonchev–Trinajstić information content (AvgIpc) is 2.87. The molecular weight excluding hydrogens is 455 g/mol. The summed E-state index contributed by atoms with van der Waals surface area (Å²) in [6, 6.07) is 20.9. The molecule has 3 aromatic carbocycles. The molecule has 0 aromatic heterocycles. The lowest BCUT2D eigenvalue weighted by Gasteiger charge is -2.36. The van der Waals surface area contributed by atoms with E-state index in [9.17, 15) is 4.39 Å². The molecule has 1 heterocycles. The van der Waals surface area contributed by atoms with Crippen LogP contribution in [0.2, 0.25) is 0 Å². The highest BCUT2D eigenvalue weighted by atomic mass is 35.5. The quantitative estimate of drug-likeness (QED) is 0.415. The number of benzene rings is 3. The van der Waals surface area contributed by atoms with Gasteiger partial charge in [0.2, 0.25) is 0 Å². The number of methoxy groups -OCH3 is 2. The van der Waals surface area contributed by atoms with E-state index in [4.69, 9.17) is 14.2 Å². The molecule has 1 saturated heterocycles. The van der Waals surface area contributed by atoms with Crippen LogP contribution in [-0.2, 0) is 13.0 Å². The van der Waals surface area contributed by atoms with Crippen LogP contribution < -0.4 is 19.1 Å². The molecule has 0 unspecified atom stereocenters. The lowest BCUT2D eigenvalue weighted by molar-refractivity contribution is 0.261. The van der Waals surface area contributed by atoms with E-state index >= 15 is 0 Å². The molecule has 0 aliphatic carbocycles. The van der Waals surface area contributed by atoms with Gasteiger partial charge in [0.25, 0.3) is 0 Å². The second-order valence-corrected chi connectivity index (χ2v) is 8.21. The van der Waals surface area contributed by atoms with Crippen molar-refractivity contribution in [3.63, 3.8) is 0 Å². The summed E-state index contributed by atoms with van der Waals surface area (Å²) in [4.78, 5) is 4.82. The molecule has 0 amide bonds. The summed E-state index contributed by atoms with van der Waals surface area (Å²) in [6.07, 6.45) is 1.02. The van der Waals surface area contributed by atoms with E-state index in [1.807, 2.05) is 30.3 Å². The van der Waals surface area contributed by atoms with Gasteiger partial charge in [-0.3, -0.25) is 4.90 Å². The zero-order chi connectivity index (χ0) is 23.0. The van der Waals surface area contributed by atoms with Gasteiger partial charge < -0.3 is 19.1 Å². The Kier molecular flexibility index (Phi) is 9.42. The molecule has 0 bridgehead atoms. The Morgan fingerprint density at radius 1 is 0.735 bits per heavy atom. The van der Waals surface area contributed by atoms with Crippen molar-refractivity contribution >= 4 is 18.1 Å². The fourth-order valence-corrected chi connectivity index (χ4v) is 4.00. The number of nitrogens with zero attached hydrogens (tertiary/aromatic N) is 2.